The highest BCUT2D eigenvalue weighted by molar-refractivity contribution is 7.92. The van der Waals surface area contributed by atoms with Gasteiger partial charge in [-0.1, -0.05) is 35.9 Å². The Morgan fingerprint density at radius 2 is 1.70 bits per heavy atom. The van der Waals surface area contributed by atoms with Gasteiger partial charge in [-0.25, -0.2) is 8.42 Å². The van der Waals surface area contributed by atoms with Gasteiger partial charge in [0.05, 0.1) is 23.5 Å². The van der Waals surface area contributed by atoms with E-state index in [2.05, 4.69) is 10.0 Å². The van der Waals surface area contributed by atoms with Gasteiger partial charge >= 0.3 is 0 Å². The summed E-state index contributed by atoms with van der Waals surface area (Å²) in [5.41, 5.74) is 2.75. The van der Waals surface area contributed by atoms with E-state index in [1.165, 1.54) is 25.3 Å². The van der Waals surface area contributed by atoms with E-state index in [0.29, 0.717) is 17.1 Å². The molecule has 0 radical (unpaired) electrons. The predicted octanol–water partition coefficient (Wildman–Crippen LogP) is 5.02. The van der Waals surface area contributed by atoms with E-state index >= 15 is 0 Å². The van der Waals surface area contributed by atoms with Crippen LogP contribution in [-0.4, -0.2) is 21.4 Å². The number of anilines is 2. The summed E-state index contributed by atoms with van der Waals surface area (Å²) >= 11 is 6.16. The van der Waals surface area contributed by atoms with Crippen molar-refractivity contribution >= 4 is 38.9 Å². The summed E-state index contributed by atoms with van der Waals surface area (Å²) in [7, 11) is -2.51. The van der Waals surface area contributed by atoms with Crippen molar-refractivity contribution in [1.29, 1.82) is 0 Å². The molecule has 1 amide bonds. The van der Waals surface area contributed by atoms with Gasteiger partial charge in [-0.3, -0.25) is 9.52 Å². The Kier molecular flexibility index (Phi) is 6.34. The van der Waals surface area contributed by atoms with E-state index < -0.39 is 15.9 Å². The van der Waals surface area contributed by atoms with Crippen molar-refractivity contribution in [3.05, 3.63) is 82.4 Å². The van der Waals surface area contributed by atoms with E-state index in [1.54, 1.807) is 37.3 Å². The standard InChI is InChI=1S/C22H21ClN2O4S/c1-14-8-9-15(2)19(12-14)25-30(27,28)21-13-16(10-11-17(21)23)22(26)24-18-6-4-5-7-20(18)29-3/h4-13,25H,1-3H3,(H,24,26). The molecule has 0 atom stereocenters. The second kappa shape index (κ2) is 8.77. The summed E-state index contributed by atoms with van der Waals surface area (Å²) in [6.45, 7) is 3.67. The molecule has 2 N–H and O–H groups in total. The fourth-order valence-electron chi connectivity index (χ4n) is 2.84. The van der Waals surface area contributed by atoms with Crippen LogP contribution in [0.4, 0.5) is 11.4 Å². The van der Waals surface area contributed by atoms with Crippen molar-refractivity contribution in [3.63, 3.8) is 0 Å². The smallest absolute Gasteiger partial charge is 0.263 e. The fourth-order valence-corrected chi connectivity index (χ4v) is 4.49. The van der Waals surface area contributed by atoms with Crippen LogP contribution in [0.3, 0.4) is 0 Å². The zero-order valence-corrected chi connectivity index (χ0v) is 18.3. The number of amides is 1. The molecule has 0 aliphatic heterocycles. The number of hydrogen-bond acceptors (Lipinski definition) is 4. The third-order valence-corrected chi connectivity index (χ3v) is 6.32. The number of halogens is 1. The highest BCUT2D eigenvalue weighted by atomic mass is 35.5. The second-order valence-corrected chi connectivity index (χ2v) is 8.78. The molecule has 6 nitrogen and oxygen atoms in total. The van der Waals surface area contributed by atoms with E-state index in [9.17, 15) is 13.2 Å². The molecule has 3 rings (SSSR count). The quantitative estimate of drug-likeness (QED) is 0.559. The van der Waals surface area contributed by atoms with Crippen molar-refractivity contribution in [2.45, 2.75) is 18.7 Å². The Morgan fingerprint density at radius 3 is 2.43 bits per heavy atom. The summed E-state index contributed by atoms with van der Waals surface area (Å²) < 4.78 is 33.7. The molecule has 0 unspecified atom stereocenters. The van der Waals surface area contributed by atoms with E-state index in [1.807, 2.05) is 19.1 Å². The summed E-state index contributed by atoms with van der Waals surface area (Å²) in [6, 6.07) is 16.5. The van der Waals surface area contributed by atoms with Crippen molar-refractivity contribution in [2.75, 3.05) is 17.1 Å². The molecule has 0 aliphatic carbocycles. The van der Waals surface area contributed by atoms with Crippen LogP contribution >= 0.6 is 11.6 Å². The number of hydrogen-bond donors (Lipinski definition) is 2. The molecule has 30 heavy (non-hydrogen) atoms. The molecule has 0 fully saturated rings. The summed E-state index contributed by atoms with van der Waals surface area (Å²) in [5, 5.41) is 2.74. The van der Waals surface area contributed by atoms with Gasteiger partial charge in [0.1, 0.15) is 10.6 Å². The number of ether oxygens (including phenoxy) is 1. The number of carbonyl (C=O) groups excluding carboxylic acids is 1. The molecular formula is C22H21ClN2O4S. The normalized spacial score (nSPS) is 11.1. The average molecular weight is 445 g/mol. The van der Waals surface area contributed by atoms with Crippen molar-refractivity contribution < 1.29 is 17.9 Å². The predicted molar refractivity (Wildman–Crippen MR) is 119 cm³/mol. The van der Waals surface area contributed by atoms with Crippen LogP contribution in [-0.2, 0) is 10.0 Å². The van der Waals surface area contributed by atoms with Crippen LogP contribution in [0.5, 0.6) is 5.75 Å². The molecule has 3 aromatic rings. The van der Waals surface area contributed by atoms with Crippen LogP contribution in [0.25, 0.3) is 0 Å². The molecule has 0 bridgehead atoms. The molecular weight excluding hydrogens is 424 g/mol. The monoisotopic (exact) mass is 444 g/mol. The Bertz CT molecular complexity index is 1210. The number of benzene rings is 3. The lowest BCUT2D eigenvalue weighted by Gasteiger charge is -2.14. The first-order valence-electron chi connectivity index (χ1n) is 9.05. The van der Waals surface area contributed by atoms with E-state index in [4.69, 9.17) is 16.3 Å². The Hall–Kier alpha value is -3.03. The maximum atomic E-state index is 13.0. The Morgan fingerprint density at radius 1 is 0.967 bits per heavy atom. The first-order chi connectivity index (χ1) is 14.2. The minimum absolute atomic E-state index is 0.0154. The zero-order chi connectivity index (χ0) is 21.9. The summed E-state index contributed by atoms with van der Waals surface area (Å²) in [4.78, 5) is 12.5. The summed E-state index contributed by atoms with van der Waals surface area (Å²) in [6.07, 6.45) is 0. The first-order valence-corrected chi connectivity index (χ1v) is 10.9. The maximum Gasteiger partial charge on any atom is 0.263 e. The highest BCUT2D eigenvalue weighted by Gasteiger charge is 2.21. The number of aryl methyl sites for hydroxylation is 2. The Labute approximate surface area is 180 Å². The van der Waals surface area contributed by atoms with Crippen molar-refractivity contribution in [3.8, 4) is 5.75 Å². The first kappa shape index (κ1) is 21.7. The maximum absolute atomic E-state index is 13.0. The minimum atomic E-state index is -4.01. The lowest BCUT2D eigenvalue weighted by molar-refractivity contribution is 0.102. The SMILES string of the molecule is COc1ccccc1NC(=O)c1ccc(Cl)c(S(=O)(=O)Nc2cc(C)ccc2C)c1. The van der Waals surface area contributed by atoms with Gasteiger partial charge in [0.25, 0.3) is 15.9 Å². The minimum Gasteiger partial charge on any atom is -0.495 e. The molecule has 0 heterocycles. The van der Waals surface area contributed by atoms with Crippen LogP contribution < -0.4 is 14.8 Å². The van der Waals surface area contributed by atoms with Crippen LogP contribution in [0.2, 0.25) is 5.02 Å². The van der Waals surface area contributed by atoms with E-state index in [0.717, 1.165) is 11.1 Å². The average Bonchev–Trinajstić information content (AvgIpc) is 2.71. The molecule has 0 saturated heterocycles. The zero-order valence-electron chi connectivity index (χ0n) is 16.7. The summed E-state index contributed by atoms with van der Waals surface area (Å²) in [5.74, 6) is 0.00333. The molecule has 156 valence electrons. The Balaban J connectivity index is 1.92. The van der Waals surface area contributed by atoms with Gasteiger partial charge in [0.15, 0.2) is 0 Å². The van der Waals surface area contributed by atoms with Gasteiger partial charge in [0, 0.05) is 5.56 Å². The van der Waals surface area contributed by atoms with Gasteiger partial charge in [-0.2, -0.15) is 0 Å². The van der Waals surface area contributed by atoms with Crippen LogP contribution in [0, 0.1) is 13.8 Å². The largest absolute Gasteiger partial charge is 0.495 e. The second-order valence-electron chi connectivity index (χ2n) is 6.72. The number of methoxy groups -OCH3 is 1. The van der Waals surface area contributed by atoms with Gasteiger partial charge in [-0.05, 0) is 61.4 Å². The van der Waals surface area contributed by atoms with Gasteiger partial charge in [0.2, 0.25) is 0 Å². The number of sulfonamides is 1. The fraction of sp³-hybridized carbons (Fsp3) is 0.136. The van der Waals surface area contributed by atoms with Crippen LogP contribution in [0.1, 0.15) is 21.5 Å². The third kappa shape index (κ3) is 4.75. The van der Waals surface area contributed by atoms with Crippen molar-refractivity contribution in [2.24, 2.45) is 0 Å². The molecule has 0 spiro atoms. The third-order valence-electron chi connectivity index (χ3n) is 4.48. The number of rotatable bonds is 6. The lowest BCUT2D eigenvalue weighted by atomic mass is 10.1. The molecule has 0 aromatic heterocycles. The number of nitrogens with one attached hydrogen (secondary N) is 2. The molecule has 0 saturated carbocycles. The van der Waals surface area contributed by atoms with Crippen LogP contribution in [0.15, 0.2) is 65.6 Å². The lowest BCUT2D eigenvalue weighted by Crippen LogP contribution is -2.17. The molecule has 8 heteroatoms. The van der Waals surface area contributed by atoms with Gasteiger partial charge in [-0.15, -0.1) is 0 Å². The molecule has 3 aromatic carbocycles. The number of carbonyl (C=O) groups is 1. The molecule has 0 aliphatic rings. The topological polar surface area (TPSA) is 84.5 Å². The van der Waals surface area contributed by atoms with Gasteiger partial charge < -0.3 is 10.1 Å². The van der Waals surface area contributed by atoms with E-state index in [-0.39, 0.29) is 15.5 Å². The number of para-hydroxylation sites is 2. The van der Waals surface area contributed by atoms with Crippen molar-refractivity contribution in [1.82, 2.24) is 0 Å². The highest BCUT2D eigenvalue weighted by Crippen LogP contribution is 2.28.